The van der Waals surface area contributed by atoms with E-state index in [0.717, 1.165) is 17.9 Å². The number of pyridine rings is 1. The molecule has 0 bridgehead atoms. The lowest BCUT2D eigenvalue weighted by atomic mass is 9.92. The first-order chi connectivity index (χ1) is 8.43. The molecule has 0 unspecified atom stereocenters. The number of rotatable bonds is 2. The van der Waals surface area contributed by atoms with E-state index >= 15 is 0 Å². The largest absolute Gasteiger partial charge is 0.340 e. The molecule has 2 nitrogen and oxygen atoms in total. The molecule has 86 valence electrons. The zero-order valence-corrected chi connectivity index (χ0v) is 9.82. The zero-order valence-electron chi connectivity index (χ0n) is 9.82. The number of fused-ring (bicyclic) bond motifs is 1. The highest BCUT2D eigenvalue weighted by atomic mass is 15.0. The van der Waals surface area contributed by atoms with Crippen LogP contribution in [0.3, 0.4) is 0 Å². The number of benzene rings is 1. The Balaban J connectivity index is 1.93. The van der Waals surface area contributed by atoms with Gasteiger partial charge >= 0.3 is 0 Å². The summed E-state index contributed by atoms with van der Waals surface area (Å²) in [5.74, 6) is 1.04. The van der Waals surface area contributed by atoms with Gasteiger partial charge in [-0.05, 0) is 55.0 Å². The van der Waals surface area contributed by atoms with Crippen molar-refractivity contribution in [2.45, 2.75) is 25.7 Å². The van der Waals surface area contributed by atoms with Gasteiger partial charge in [0.05, 0.1) is 0 Å². The van der Waals surface area contributed by atoms with Crippen LogP contribution in [0.2, 0.25) is 0 Å². The average molecular weight is 224 g/mol. The lowest BCUT2D eigenvalue weighted by Crippen LogP contribution is -2.07. The van der Waals surface area contributed by atoms with Crippen molar-refractivity contribution in [2.75, 3.05) is 5.32 Å². The maximum absolute atomic E-state index is 4.48. The number of hydrogen-bond acceptors (Lipinski definition) is 2. The van der Waals surface area contributed by atoms with Crippen LogP contribution in [0.15, 0.2) is 42.6 Å². The van der Waals surface area contributed by atoms with Crippen LogP contribution in [0.1, 0.15) is 24.0 Å². The molecule has 1 aromatic carbocycles. The second kappa shape index (κ2) is 4.58. The molecule has 2 aromatic rings. The molecule has 1 aliphatic carbocycles. The highest BCUT2D eigenvalue weighted by Crippen LogP contribution is 2.27. The first-order valence-corrected chi connectivity index (χ1v) is 6.22. The number of aryl methyl sites for hydroxylation is 1. The molecule has 0 fully saturated rings. The molecular weight excluding hydrogens is 208 g/mol. The molecule has 0 atom stereocenters. The van der Waals surface area contributed by atoms with Gasteiger partial charge in [-0.1, -0.05) is 18.2 Å². The standard InChI is InChI=1S/C15H16N2/c1-2-7-13(8-3-1)17-15-14-9-5-4-6-12(14)10-11-16-15/h1-3,7-8,10-11H,4-6,9H2,(H,16,17). The van der Waals surface area contributed by atoms with E-state index in [0.29, 0.717) is 0 Å². The lowest BCUT2D eigenvalue weighted by Gasteiger charge is -2.19. The summed E-state index contributed by atoms with van der Waals surface area (Å²) in [6.07, 6.45) is 6.85. The van der Waals surface area contributed by atoms with Gasteiger partial charge in [-0.2, -0.15) is 0 Å². The molecular formula is C15H16N2. The van der Waals surface area contributed by atoms with Gasteiger partial charge in [0.2, 0.25) is 0 Å². The van der Waals surface area contributed by atoms with Crippen molar-refractivity contribution < 1.29 is 0 Å². The van der Waals surface area contributed by atoms with Gasteiger partial charge in [0.1, 0.15) is 5.82 Å². The van der Waals surface area contributed by atoms with E-state index in [-0.39, 0.29) is 0 Å². The summed E-state index contributed by atoms with van der Waals surface area (Å²) in [4.78, 5) is 4.48. The summed E-state index contributed by atoms with van der Waals surface area (Å²) in [5.41, 5.74) is 3.98. The summed E-state index contributed by atoms with van der Waals surface area (Å²) in [6, 6.07) is 12.4. The molecule has 0 radical (unpaired) electrons. The van der Waals surface area contributed by atoms with Crippen molar-refractivity contribution in [3.05, 3.63) is 53.7 Å². The topological polar surface area (TPSA) is 24.9 Å². The van der Waals surface area contributed by atoms with Crippen LogP contribution in [-0.2, 0) is 12.8 Å². The molecule has 0 amide bonds. The third-order valence-electron chi connectivity index (χ3n) is 3.31. The monoisotopic (exact) mass is 224 g/mol. The van der Waals surface area contributed by atoms with E-state index in [2.05, 4.69) is 28.5 Å². The second-order valence-electron chi connectivity index (χ2n) is 4.50. The fourth-order valence-corrected chi connectivity index (χ4v) is 2.43. The Morgan fingerprint density at radius 2 is 1.76 bits per heavy atom. The molecule has 3 rings (SSSR count). The van der Waals surface area contributed by atoms with Gasteiger partial charge in [0, 0.05) is 11.9 Å². The van der Waals surface area contributed by atoms with Gasteiger partial charge in [-0.15, -0.1) is 0 Å². The van der Waals surface area contributed by atoms with Crippen molar-refractivity contribution in [2.24, 2.45) is 0 Å². The van der Waals surface area contributed by atoms with Crippen LogP contribution in [0.25, 0.3) is 0 Å². The Morgan fingerprint density at radius 1 is 0.941 bits per heavy atom. The van der Waals surface area contributed by atoms with Gasteiger partial charge in [0.25, 0.3) is 0 Å². The van der Waals surface area contributed by atoms with Gasteiger partial charge in [-0.25, -0.2) is 4.98 Å². The summed E-state index contributed by atoms with van der Waals surface area (Å²) in [7, 11) is 0. The van der Waals surface area contributed by atoms with Gasteiger partial charge in [-0.3, -0.25) is 0 Å². The van der Waals surface area contributed by atoms with Crippen molar-refractivity contribution in [3.63, 3.8) is 0 Å². The number of nitrogens with one attached hydrogen (secondary N) is 1. The van der Waals surface area contributed by atoms with Crippen molar-refractivity contribution in [1.82, 2.24) is 4.98 Å². The first-order valence-electron chi connectivity index (χ1n) is 6.22. The fraction of sp³-hybridized carbons (Fsp3) is 0.267. The quantitative estimate of drug-likeness (QED) is 0.841. The van der Waals surface area contributed by atoms with Crippen LogP contribution in [0.5, 0.6) is 0 Å². The average Bonchev–Trinajstić information content (AvgIpc) is 2.40. The number of anilines is 2. The molecule has 1 aliphatic rings. The molecule has 0 saturated carbocycles. The number of nitrogens with zero attached hydrogens (tertiary/aromatic N) is 1. The Morgan fingerprint density at radius 3 is 2.65 bits per heavy atom. The highest BCUT2D eigenvalue weighted by Gasteiger charge is 2.13. The van der Waals surface area contributed by atoms with E-state index in [4.69, 9.17) is 0 Å². The molecule has 17 heavy (non-hydrogen) atoms. The summed E-state index contributed by atoms with van der Waals surface area (Å²) in [5, 5.41) is 3.42. The maximum atomic E-state index is 4.48. The summed E-state index contributed by atoms with van der Waals surface area (Å²) in [6.45, 7) is 0. The smallest absolute Gasteiger partial charge is 0.133 e. The fourth-order valence-electron chi connectivity index (χ4n) is 2.43. The van der Waals surface area contributed by atoms with Crippen LogP contribution >= 0.6 is 0 Å². The predicted octanol–water partition coefficient (Wildman–Crippen LogP) is 3.70. The number of aromatic nitrogens is 1. The van der Waals surface area contributed by atoms with E-state index in [1.165, 1.54) is 30.4 Å². The molecule has 1 N–H and O–H groups in total. The van der Waals surface area contributed by atoms with Crippen molar-refractivity contribution in [1.29, 1.82) is 0 Å². The van der Waals surface area contributed by atoms with E-state index in [1.54, 1.807) is 0 Å². The molecule has 0 saturated heterocycles. The van der Waals surface area contributed by atoms with Crippen molar-refractivity contribution >= 4 is 11.5 Å². The lowest BCUT2D eigenvalue weighted by molar-refractivity contribution is 0.684. The Kier molecular flexibility index (Phi) is 2.78. The minimum absolute atomic E-state index is 1.04. The molecule has 0 spiro atoms. The SMILES string of the molecule is c1ccc(Nc2nccc3c2CCCC3)cc1. The Bertz CT molecular complexity index is 506. The minimum atomic E-state index is 1.04. The normalized spacial score (nSPS) is 14.1. The van der Waals surface area contributed by atoms with E-state index in [1.807, 2.05) is 24.4 Å². The van der Waals surface area contributed by atoms with Gasteiger partial charge < -0.3 is 5.32 Å². The summed E-state index contributed by atoms with van der Waals surface area (Å²) >= 11 is 0. The second-order valence-corrected chi connectivity index (χ2v) is 4.50. The molecule has 0 aliphatic heterocycles. The van der Waals surface area contributed by atoms with Crippen LogP contribution in [0, 0.1) is 0 Å². The number of para-hydroxylation sites is 1. The minimum Gasteiger partial charge on any atom is -0.340 e. The van der Waals surface area contributed by atoms with E-state index < -0.39 is 0 Å². The van der Waals surface area contributed by atoms with Gasteiger partial charge in [0.15, 0.2) is 0 Å². The van der Waals surface area contributed by atoms with Crippen molar-refractivity contribution in [3.8, 4) is 0 Å². The zero-order chi connectivity index (χ0) is 11.5. The summed E-state index contributed by atoms with van der Waals surface area (Å²) < 4.78 is 0. The van der Waals surface area contributed by atoms with Crippen LogP contribution in [-0.4, -0.2) is 4.98 Å². The third-order valence-corrected chi connectivity index (χ3v) is 3.31. The van der Waals surface area contributed by atoms with E-state index in [9.17, 15) is 0 Å². The molecule has 1 aromatic heterocycles. The highest BCUT2D eigenvalue weighted by molar-refractivity contribution is 5.60. The number of hydrogen-bond donors (Lipinski definition) is 1. The Hall–Kier alpha value is -1.83. The van der Waals surface area contributed by atoms with Crippen LogP contribution < -0.4 is 5.32 Å². The predicted molar refractivity (Wildman–Crippen MR) is 70.6 cm³/mol. The third kappa shape index (κ3) is 2.16. The first kappa shape index (κ1) is 10.3. The molecule has 2 heteroatoms. The Labute approximate surface area is 102 Å². The molecule has 1 heterocycles. The maximum Gasteiger partial charge on any atom is 0.133 e. The van der Waals surface area contributed by atoms with Crippen LogP contribution in [0.4, 0.5) is 11.5 Å².